The Morgan fingerprint density at radius 3 is 2.43 bits per heavy atom. The number of carbonyl (C=O) groups is 2. The molecule has 1 heterocycles. The minimum atomic E-state index is -2.88. The van der Waals surface area contributed by atoms with Gasteiger partial charge in [-0.1, -0.05) is 0 Å². The molecule has 0 spiro atoms. The molecular formula is C13H21F2NO5. The summed E-state index contributed by atoms with van der Waals surface area (Å²) in [6.45, 7) is 2.10. The van der Waals surface area contributed by atoms with Crippen molar-refractivity contribution in [3.63, 3.8) is 0 Å². The summed E-state index contributed by atoms with van der Waals surface area (Å²) < 4.78 is 38.2. The number of rotatable bonds is 4. The fraction of sp³-hybridized carbons (Fsp3) is 0.846. The molecule has 0 aromatic carbocycles. The van der Waals surface area contributed by atoms with Crippen molar-refractivity contribution in [3.05, 3.63) is 0 Å². The standard InChI is InChI=1S/C13H21F2NO5/c1-13(2,3)21-12(18)16-6-8(7-20-11(14)15)5-9(16)10(17)19-4/h8-9,11H,5-7H2,1-4H3/t8?,9-/m0/s1. The molecule has 6 nitrogen and oxygen atoms in total. The van der Waals surface area contributed by atoms with Crippen molar-refractivity contribution in [3.8, 4) is 0 Å². The summed E-state index contributed by atoms with van der Waals surface area (Å²) in [6, 6.07) is -0.837. The minimum absolute atomic E-state index is 0.113. The number of alkyl halides is 2. The molecule has 1 fully saturated rings. The highest BCUT2D eigenvalue weighted by Gasteiger charge is 2.42. The molecule has 21 heavy (non-hydrogen) atoms. The van der Waals surface area contributed by atoms with Gasteiger partial charge in [-0.25, -0.2) is 9.59 Å². The van der Waals surface area contributed by atoms with Crippen molar-refractivity contribution < 1.29 is 32.6 Å². The van der Waals surface area contributed by atoms with Gasteiger partial charge in [0, 0.05) is 12.5 Å². The molecular weight excluding hydrogens is 288 g/mol. The Labute approximate surface area is 122 Å². The molecule has 1 aliphatic heterocycles. The average Bonchev–Trinajstić information content (AvgIpc) is 2.77. The van der Waals surface area contributed by atoms with E-state index < -0.39 is 30.3 Å². The number of hydrogen-bond acceptors (Lipinski definition) is 5. The number of likely N-dealkylation sites (tertiary alicyclic amines) is 1. The van der Waals surface area contributed by atoms with Crippen LogP contribution in [0.4, 0.5) is 13.6 Å². The maximum atomic E-state index is 12.1. The lowest BCUT2D eigenvalue weighted by atomic mass is 10.1. The maximum Gasteiger partial charge on any atom is 0.411 e. The van der Waals surface area contributed by atoms with Gasteiger partial charge in [-0.05, 0) is 27.2 Å². The van der Waals surface area contributed by atoms with Gasteiger partial charge in [0.05, 0.1) is 13.7 Å². The van der Waals surface area contributed by atoms with Crippen LogP contribution in [-0.2, 0) is 19.0 Å². The Kier molecular flexibility index (Phi) is 5.88. The zero-order valence-electron chi connectivity index (χ0n) is 12.6. The predicted molar refractivity (Wildman–Crippen MR) is 68.8 cm³/mol. The van der Waals surface area contributed by atoms with Crippen molar-refractivity contribution in [2.45, 2.75) is 45.4 Å². The first-order chi connectivity index (χ1) is 9.64. The van der Waals surface area contributed by atoms with Crippen LogP contribution in [-0.4, -0.2) is 55.5 Å². The third kappa shape index (κ3) is 5.45. The van der Waals surface area contributed by atoms with Crippen LogP contribution in [0.15, 0.2) is 0 Å². The van der Waals surface area contributed by atoms with Crippen molar-refractivity contribution in [1.29, 1.82) is 0 Å². The van der Waals surface area contributed by atoms with Crippen LogP contribution >= 0.6 is 0 Å². The molecule has 1 unspecified atom stereocenters. The van der Waals surface area contributed by atoms with Gasteiger partial charge in [-0.2, -0.15) is 8.78 Å². The van der Waals surface area contributed by atoms with Crippen LogP contribution in [0, 0.1) is 5.92 Å². The van der Waals surface area contributed by atoms with Gasteiger partial charge in [-0.3, -0.25) is 4.90 Å². The molecule has 1 rings (SSSR count). The zero-order valence-corrected chi connectivity index (χ0v) is 12.6. The van der Waals surface area contributed by atoms with Crippen molar-refractivity contribution >= 4 is 12.1 Å². The number of amides is 1. The lowest BCUT2D eigenvalue weighted by Gasteiger charge is -2.27. The molecule has 0 saturated carbocycles. The van der Waals surface area contributed by atoms with E-state index in [0.717, 1.165) is 0 Å². The zero-order chi connectivity index (χ0) is 16.2. The van der Waals surface area contributed by atoms with Gasteiger partial charge < -0.3 is 14.2 Å². The smallest absolute Gasteiger partial charge is 0.411 e. The topological polar surface area (TPSA) is 65.1 Å². The molecule has 0 N–H and O–H groups in total. The Morgan fingerprint density at radius 2 is 1.95 bits per heavy atom. The van der Waals surface area contributed by atoms with E-state index in [1.165, 1.54) is 12.0 Å². The number of methoxy groups -OCH3 is 1. The fourth-order valence-corrected chi connectivity index (χ4v) is 2.13. The van der Waals surface area contributed by atoms with Crippen molar-refractivity contribution in [2.24, 2.45) is 5.92 Å². The third-order valence-corrected chi connectivity index (χ3v) is 2.95. The summed E-state index contributed by atoms with van der Waals surface area (Å²) in [6.07, 6.45) is -0.462. The second-order valence-electron chi connectivity index (χ2n) is 5.87. The first-order valence-corrected chi connectivity index (χ1v) is 6.61. The summed E-state index contributed by atoms with van der Waals surface area (Å²) in [7, 11) is 1.21. The van der Waals surface area contributed by atoms with E-state index in [1.807, 2.05) is 0 Å². The highest BCUT2D eigenvalue weighted by Crippen LogP contribution is 2.27. The van der Waals surface area contributed by atoms with Crippen LogP contribution in [0.5, 0.6) is 0 Å². The Balaban J connectivity index is 2.73. The highest BCUT2D eigenvalue weighted by molar-refractivity contribution is 5.82. The van der Waals surface area contributed by atoms with Crippen LogP contribution in [0.3, 0.4) is 0 Å². The van der Waals surface area contributed by atoms with Gasteiger partial charge in [0.15, 0.2) is 0 Å². The molecule has 1 amide bonds. The summed E-state index contributed by atoms with van der Waals surface area (Å²) in [5.74, 6) is -0.962. The number of carbonyl (C=O) groups excluding carboxylic acids is 2. The number of esters is 1. The Bertz CT molecular complexity index is 383. The second-order valence-corrected chi connectivity index (χ2v) is 5.87. The number of halogens is 2. The minimum Gasteiger partial charge on any atom is -0.467 e. The normalized spacial score (nSPS) is 22.5. The highest BCUT2D eigenvalue weighted by atomic mass is 19.3. The SMILES string of the molecule is COC(=O)[C@@H]1CC(COC(F)F)CN1C(=O)OC(C)(C)C. The van der Waals surface area contributed by atoms with E-state index >= 15 is 0 Å². The average molecular weight is 309 g/mol. The molecule has 2 atom stereocenters. The first kappa shape index (κ1) is 17.6. The molecule has 1 aliphatic rings. The Hall–Kier alpha value is -1.44. The summed E-state index contributed by atoms with van der Waals surface area (Å²) >= 11 is 0. The molecule has 0 aliphatic carbocycles. The lowest BCUT2D eigenvalue weighted by Crippen LogP contribution is -2.43. The number of hydrogen-bond donors (Lipinski definition) is 0. The Morgan fingerprint density at radius 1 is 1.33 bits per heavy atom. The van der Waals surface area contributed by atoms with Crippen molar-refractivity contribution in [1.82, 2.24) is 4.90 Å². The van der Waals surface area contributed by atoms with Crippen LogP contribution < -0.4 is 0 Å². The van der Waals surface area contributed by atoms with Crippen LogP contribution in [0.25, 0.3) is 0 Å². The van der Waals surface area contributed by atoms with E-state index in [-0.39, 0.29) is 25.5 Å². The third-order valence-electron chi connectivity index (χ3n) is 2.95. The summed E-state index contributed by atoms with van der Waals surface area (Å²) in [4.78, 5) is 25.0. The quantitative estimate of drug-likeness (QED) is 0.743. The monoisotopic (exact) mass is 309 g/mol. The summed E-state index contributed by atoms with van der Waals surface area (Å²) in [5.41, 5.74) is -0.713. The van der Waals surface area contributed by atoms with Gasteiger partial charge in [0.1, 0.15) is 11.6 Å². The van der Waals surface area contributed by atoms with Gasteiger partial charge in [-0.15, -0.1) is 0 Å². The largest absolute Gasteiger partial charge is 0.467 e. The number of ether oxygens (including phenoxy) is 3. The molecule has 0 aromatic heterocycles. The molecule has 122 valence electrons. The number of nitrogens with zero attached hydrogens (tertiary/aromatic N) is 1. The van der Waals surface area contributed by atoms with Crippen LogP contribution in [0.1, 0.15) is 27.2 Å². The first-order valence-electron chi connectivity index (χ1n) is 6.61. The molecule has 1 saturated heterocycles. The second kappa shape index (κ2) is 7.02. The molecule has 0 radical (unpaired) electrons. The van der Waals surface area contributed by atoms with Crippen molar-refractivity contribution in [2.75, 3.05) is 20.3 Å². The predicted octanol–water partition coefficient (Wildman–Crippen LogP) is 2.02. The molecule has 0 aromatic rings. The fourth-order valence-electron chi connectivity index (χ4n) is 2.13. The van der Waals surface area contributed by atoms with E-state index in [0.29, 0.717) is 0 Å². The summed E-state index contributed by atoms with van der Waals surface area (Å²) in [5, 5.41) is 0. The van der Waals surface area contributed by atoms with E-state index in [9.17, 15) is 18.4 Å². The maximum absolute atomic E-state index is 12.1. The molecule has 8 heteroatoms. The van der Waals surface area contributed by atoms with E-state index in [1.54, 1.807) is 20.8 Å². The van der Waals surface area contributed by atoms with E-state index in [2.05, 4.69) is 9.47 Å². The van der Waals surface area contributed by atoms with Gasteiger partial charge in [0.25, 0.3) is 0 Å². The van der Waals surface area contributed by atoms with Crippen LogP contribution in [0.2, 0.25) is 0 Å². The lowest BCUT2D eigenvalue weighted by molar-refractivity contribution is -0.145. The van der Waals surface area contributed by atoms with Gasteiger partial charge in [0.2, 0.25) is 0 Å². The molecule has 0 bridgehead atoms. The van der Waals surface area contributed by atoms with Gasteiger partial charge >= 0.3 is 18.7 Å². The van der Waals surface area contributed by atoms with E-state index in [4.69, 9.17) is 4.74 Å².